The molecular formula is C20H32ClIN4O. The first-order chi connectivity index (χ1) is 12.7. The number of fused-ring (bicyclic) bond motifs is 1. The molecule has 4 N–H and O–H groups in total. The highest BCUT2D eigenvalue weighted by molar-refractivity contribution is 14.0. The van der Waals surface area contributed by atoms with Crippen LogP contribution in [0, 0.1) is 5.92 Å². The van der Waals surface area contributed by atoms with Crippen molar-refractivity contribution in [1.29, 1.82) is 0 Å². The average Bonchev–Trinajstić information content (AvgIpc) is 3.02. The van der Waals surface area contributed by atoms with Crippen LogP contribution in [0.5, 0.6) is 0 Å². The normalized spacial score (nSPS) is 12.7. The van der Waals surface area contributed by atoms with E-state index in [1.54, 1.807) is 0 Å². The van der Waals surface area contributed by atoms with Crippen LogP contribution in [0.4, 0.5) is 0 Å². The first-order valence-electron chi connectivity index (χ1n) is 9.56. The lowest BCUT2D eigenvalue weighted by Gasteiger charge is -2.15. The van der Waals surface area contributed by atoms with E-state index in [0.717, 1.165) is 61.8 Å². The molecule has 1 unspecified atom stereocenters. The molecule has 0 aliphatic carbocycles. The highest BCUT2D eigenvalue weighted by Crippen LogP contribution is 2.22. The molecule has 2 rings (SSSR count). The Kier molecular flexibility index (Phi) is 11.8. The Balaban J connectivity index is 0.00000364. The minimum atomic E-state index is 0. The lowest BCUT2D eigenvalue weighted by molar-refractivity contribution is 0.253. The quantitative estimate of drug-likeness (QED) is 0.220. The second kappa shape index (κ2) is 13.2. The van der Waals surface area contributed by atoms with Crippen molar-refractivity contribution in [3.8, 4) is 0 Å². The van der Waals surface area contributed by atoms with Gasteiger partial charge in [0, 0.05) is 48.4 Å². The number of aromatic amines is 1. The van der Waals surface area contributed by atoms with Gasteiger partial charge in [-0.25, -0.2) is 0 Å². The summed E-state index contributed by atoms with van der Waals surface area (Å²) in [6, 6.07) is 5.92. The average molecular weight is 507 g/mol. The summed E-state index contributed by atoms with van der Waals surface area (Å²) in [5.41, 5.74) is 2.35. The van der Waals surface area contributed by atoms with Gasteiger partial charge in [0.1, 0.15) is 0 Å². The molecule has 1 aromatic heterocycles. The highest BCUT2D eigenvalue weighted by atomic mass is 127. The molecule has 1 heterocycles. The molecule has 0 saturated carbocycles. The maximum atomic E-state index is 9.19. The zero-order chi connectivity index (χ0) is 18.8. The standard InChI is InChI=1S/C20H31ClN4O.HI/c1-3-5-15(9-11-26)13-25-20(22-4-2)23-10-8-16-14-24-19-7-6-17(21)12-18(16)19;/h6-7,12,14-15,24,26H,3-5,8-11,13H2,1-2H3,(H2,22,23,25);1H. The number of hydrogen-bond acceptors (Lipinski definition) is 2. The van der Waals surface area contributed by atoms with Crippen molar-refractivity contribution >= 4 is 52.4 Å². The Labute approximate surface area is 184 Å². The number of aromatic nitrogens is 1. The Morgan fingerprint density at radius 3 is 2.78 bits per heavy atom. The first kappa shape index (κ1) is 24.0. The first-order valence-corrected chi connectivity index (χ1v) is 9.94. The molecule has 0 aliphatic rings. The van der Waals surface area contributed by atoms with Gasteiger partial charge in [-0.15, -0.1) is 24.0 Å². The van der Waals surface area contributed by atoms with Crippen LogP contribution in [0.1, 0.15) is 38.7 Å². The van der Waals surface area contributed by atoms with Crippen LogP contribution >= 0.6 is 35.6 Å². The van der Waals surface area contributed by atoms with Gasteiger partial charge in [-0.05, 0) is 55.9 Å². The summed E-state index contributed by atoms with van der Waals surface area (Å²) in [6.07, 6.45) is 5.96. The number of aliphatic hydroxyl groups excluding tert-OH is 1. The van der Waals surface area contributed by atoms with Gasteiger partial charge in [-0.2, -0.15) is 0 Å². The summed E-state index contributed by atoms with van der Waals surface area (Å²) >= 11 is 6.12. The third-order valence-electron chi connectivity index (χ3n) is 4.50. The predicted molar refractivity (Wildman–Crippen MR) is 127 cm³/mol. The number of benzene rings is 1. The molecule has 0 amide bonds. The van der Waals surface area contributed by atoms with Crippen molar-refractivity contribution in [2.45, 2.75) is 39.5 Å². The van der Waals surface area contributed by atoms with Crippen LogP contribution in [-0.2, 0) is 6.42 Å². The molecule has 1 aromatic carbocycles. The molecule has 0 spiro atoms. The number of guanidine groups is 1. The number of nitrogens with one attached hydrogen (secondary N) is 3. The van der Waals surface area contributed by atoms with Crippen molar-refractivity contribution in [1.82, 2.24) is 15.6 Å². The largest absolute Gasteiger partial charge is 0.396 e. The van der Waals surface area contributed by atoms with Crippen LogP contribution in [0.3, 0.4) is 0 Å². The van der Waals surface area contributed by atoms with E-state index < -0.39 is 0 Å². The number of aliphatic imine (C=N–C) groups is 1. The van der Waals surface area contributed by atoms with Crippen molar-refractivity contribution in [3.63, 3.8) is 0 Å². The van der Waals surface area contributed by atoms with Gasteiger partial charge >= 0.3 is 0 Å². The monoisotopic (exact) mass is 506 g/mol. The topological polar surface area (TPSA) is 72.4 Å². The molecule has 1 atom stereocenters. The van der Waals surface area contributed by atoms with Gasteiger partial charge < -0.3 is 20.7 Å². The minimum Gasteiger partial charge on any atom is -0.396 e. The second-order valence-electron chi connectivity index (χ2n) is 6.57. The van der Waals surface area contributed by atoms with E-state index in [1.807, 2.05) is 24.4 Å². The molecule has 2 aromatic rings. The highest BCUT2D eigenvalue weighted by Gasteiger charge is 2.08. The van der Waals surface area contributed by atoms with Gasteiger partial charge in [0.15, 0.2) is 5.96 Å². The van der Waals surface area contributed by atoms with Gasteiger partial charge in [0.25, 0.3) is 0 Å². The molecule has 152 valence electrons. The number of nitrogens with zero attached hydrogens (tertiary/aromatic N) is 1. The molecule has 5 nitrogen and oxygen atoms in total. The fraction of sp³-hybridized carbons (Fsp3) is 0.550. The number of halogens is 2. The summed E-state index contributed by atoms with van der Waals surface area (Å²) in [5.74, 6) is 1.28. The molecular weight excluding hydrogens is 475 g/mol. The Morgan fingerprint density at radius 1 is 1.26 bits per heavy atom. The van der Waals surface area contributed by atoms with E-state index in [0.29, 0.717) is 5.92 Å². The smallest absolute Gasteiger partial charge is 0.191 e. The maximum Gasteiger partial charge on any atom is 0.191 e. The van der Waals surface area contributed by atoms with E-state index in [2.05, 4.69) is 29.5 Å². The second-order valence-corrected chi connectivity index (χ2v) is 7.00. The fourth-order valence-corrected chi connectivity index (χ4v) is 3.33. The van der Waals surface area contributed by atoms with Crippen LogP contribution in [0.15, 0.2) is 29.4 Å². The SMILES string of the molecule is CCCC(CCO)CN=C(NCC)NCCc1c[nH]c2ccc(Cl)cc12.I. The third-order valence-corrected chi connectivity index (χ3v) is 4.74. The number of hydrogen-bond donors (Lipinski definition) is 4. The van der Waals surface area contributed by atoms with Gasteiger partial charge in [-0.3, -0.25) is 4.99 Å². The summed E-state index contributed by atoms with van der Waals surface area (Å²) < 4.78 is 0. The molecule has 0 radical (unpaired) electrons. The summed E-state index contributed by atoms with van der Waals surface area (Å²) in [6.45, 7) is 6.83. The Hall–Kier alpha value is -0.990. The van der Waals surface area contributed by atoms with Gasteiger partial charge in [0.2, 0.25) is 0 Å². The Bertz CT molecular complexity index is 698. The number of aliphatic hydroxyl groups is 1. The van der Waals surface area contributed by atoms with Crippen molar-refractivity contribution in [2.75, 3.05) is 26.2 Å². The lowest BCUT2D eigenvalue weighted by Crippen LogP contribution is -2.38. The van der Waals surface area contributed by atoms with Gasteiger partial charge in [0.05, 0.1) is 0 Å². The zero-order valence-electron chi connectivity index (χ0n) is 16.2. The van der Waals surface area contributed by atoms with Crippen molar-refractivity contribution < 1.29 is 5.11 Å². The molecule has 27 heavy (non-hydrogen) atoms. The van der Waals surface area contributed by atoms with Crippen LogP contribution < -0.4 is 10.6 Å². The van der Waals surface area contributed by atoms with Gasteiger partial charge in [-0.1, -0.05) is 24.9 Å². The molecule has 0 aliphatic heterocycles. The molecule has 0 bridgehead atoms. The van der Waals surface area contributed by atoms with E-state index in [1.165, 1.54) is 10.9 Å². The summed E-state index contributed by atoms with van der Waals surface area (Å²) in [7, 11) is 0. The molecule has 0 saturated heterocycles. The molecule has 7 heteroatoms. The molecule has 0 fully saturated rings. The van der Waals surface area contributed by atoms with Crippen LogP contribution in [0.2, 0.25) is 5.02 Å². The van der Waals surface area contributed by atoms with Crippen LogP contribution in [-0.4, -0.2) is 42.3 Å². The lowest BCUT2D eigenvalue weighted by atomic mass is 10.0. The van der Waals surface area contributed by atoms with E-state index in [9.17, 15) is 5.11 Å². The summed E-state index contributed by atoms with van der Waals surface area (Å²) in [5, 5.41) is 17.8. The van der Waals surface area contributed by atoms with E-state index >= 15 is 0 Å². The number of rotatable bonds is 10. The summed E-state index contributed by atoms with van der Waals surface area (Å²) in [4.78, 5) is 7.99. The zero-order valence-corrected chi connectivity index (χ0v) is 19.3. The fourth-order valence-electron chi connectivity index (χ4n) is 3.15. The van der Waals surface area contributed by atoms with Crippen LogP contribution in [0.25, 0.3) is 10.9 Å². The van der Waals surface area contributed by atoms with Crippen molar-refractivity contribution in [2.24, 2.45) is 10.9 Å². The number of H-pyrrole nitrogens is 1. The Morgan fingerprint density at radius 2 is 2.07 bits per heavy atom. The van der Waals surface area contributed by atoms with E-state index in [-0.39, 0.29) is 30.6 Å². The minimum absolute atomic E-state index is 0. The maximum absolute atomic E-state index is 9.19. The third kappa shape index (κ3) is 7.87. The predicted octanol–water partition coefficient (Wildman–Crippen LogP) is 4.34. The van der Waals surface area contributed by atoms with E-state index in [4.69, 9.17) is 16.6 Å². The van der Waals surface area contributed by atoms with Crippen molar-refractivity contribution in [3.05, 3.63) is 35.0 Å².